The molecule has 0 radical (unpaired) electrons. The number of aryl methyl sites for hydroxylation is 22. The molecule has 0 aliphatic heterocycles. The summed E-state index contributed by atoms with van der Waals surface area (Å²) in [5.41, 5.74) is 21.1. The van der Waals surface area contributed by atoms with Gasteiger partial charge in [-0.15, -0.1) is 0 Å². The van der Waals surface area contributed by atoms with E-state index in [0.717, 1.165) is 91.2 Å². The Labute approximate surface area is 677 Å². The van der Waals surface area contributed by atoms with Crippen molar-refractivity contribution in [3.05, 3.63) is 296 Å². The summed E-state index contributed by atoms with van der Waals surface area (Å²) in [7, 11) is 0. The zero-order valence-electron chi connectivity index (χ0n) is 78.3. The zero-order chi connectivity index (χ0) is 87.8. The third kappa shape index (κ3) is 92.5. The SMILES string of the molecule is CC.CC.CC.CC.CC.CC.CC.CC.CC.CC.CC.Cc1ccc(C)nc1.Cc1ccc(C)nc1.Cc1cccc(C)n1.Cc1ccnc(C)c1.Cc1ccnc(C)c1.Cc1ccnc(C)n1.Cc1cnc(C)cn1.Cc1cnc(C)cn1.Cc1cnc(C)nc1.Cc1cnc(C)nc1.Cc1cncc(C)c1. The lowest BCUT2D eigenvalue weighted by atomic mass is 10.2. The van der Waals surface area contributed by atoms with E-state index in [1.165, 1.54) is 33.4 Å². The fourth-order valence-electron chi connectivity index (χ4n) is 6.25. The van der Waals surface area contributed by atoms with Gasteiger partial charge in [0.15, 0.2) is 0 Å². The number of pyridine rings is 6. The minimum absolute atomic E-state index is 0.829. The summed E-state index contributed by atoms with van der Waals surface area (Å²) >= 11 is 0. The quantitative estimate of drug-likeness (QED) is 0.138. The predicted octanol–water partition coefficient (Wildman–Crippen LogP) is 26.9. The van der Waals surface area contributed by atoms with Gasteiger partial charge in [-0.25, -0.2) is 29.9 Å². The minimum Gasteiger partial charge on any atom is -0.264 e. The van der Waals surface area contributed by atoms with Gasteiger partial charge in [0.25, 0.3) is 0 Å². The Morgan fingerprint density at radius 2 is 0.418 bits per heavy atom. The van der Waals surface area contributed by atoms with E-state index in [4.69, 9.17) is 0 Å². The average molecular weight is 1510 g/mol. The summed E-state index contributed by atoms with van der Waals surface area (Å²) < 4.78 is 0. The van der Waals surface area contributed by atoms with E-state index < -0.39 is 0 Å². The molecule has 0 fully saturated rings. The molecule has 0 bridgehead atoms. The first-order valence-corrected chi connectivity index (χ1v) is 39.8. The molecule has 0 saturated heterocycles. The van der Waals surface area contributed by atoms with Gasteiger partial charge in [-0.1, -0.05) is 177 Å². The van der Waals surface area contributed by atoms with Crippen LogP contribution in [0, 0.1) is 152 Å². The molecule has 0 atom stereocenters. The maximum absolute atomic E-state index is 4.17. The van der Waals surface area contributed by atoms with Gasteiger partial charge in [0.2, 0.25) is 0 Å². The largest absolute Gasteiger partial charge is 0.264 e. The summed E-state index contributed by atoms with van der Waals surface area (Å²) in [6.07, 6.45) is 27.1. The van der Waals surface area contributed by atoms with Crippen molar-refractivity contribution in [3.63, 3.8) is 0 Å². The van der Waals surface area contributed by atoms with Gasteiger partial charge in [-0.3, -0.25) is 49.8 Å². The molecule has 0 saturated carbocycles. The van der Waals surface area contributed by atoms with Gasteiger partial charge >= 0.3 is 0 Å². The van der Waals surface area contributed by atoms with E-state index in [1.807, 2.05) is 401 Å². The van der Waals surface area contributed by atoms with E-state index in [1.54, 1.807) is 31.0 Å². The summed E-state index contributed by atoms with van der Waals surface area (Å²) in [6, 6.07) is 26.2. The molecule has 616 valence electrons. The topological polar surface area (TPSA) is 206 Å². The van der Waals surface area contributed by atoms with Crippen LogP contribution in [0.1, 0.15) is 277 Å². The second-order valence-corrected chi connectivity index (χ2v) is 20.8. The molecule has 11 heterocycles. The van der Waals surface area contributed by atoms with Crippen LogP contribution in [0.2, 0.25) is 0 Å². The van der Waals surface area contributed by atoms with Crippen LogP contribution < -0.4 is 0 Å². The lowest BCUT2D eigenvalue weighted by Gasteiger charge is -1.90. The van der Waals surface area contributed by atoms with Crippen molar-refractivity contribution in [1.29, 1.82) is 0 Å². The minimum atomic E-state index is 0.829. The Morgan fingerprint density at radius 1 is 0.155 bits per heavy atom. The fourth-order valence-corrected chi connectivity index (χ4v) is 6.25. The Hall–Kier alpha value is -9.70. The van der Waals surface area contributed by atoms with Crippen LogP contribution in [0.4, 0.5) is 0 Å². The molecule has 0 amide bonds. The first-order chi connectivity index (χ1) is 52.7. The normalized spacial score (nSPS) is 8.00. The van der Waals surface area contributed by atoms with E-state index in [-0.39, 0.29) is 0 Å². The first-order valence-electron chi connectivity index (χ1n) is 39.8. The number of rotatable bonds is 0. The summed E-state index contributed by atoms with van der Waals surface area (Å²) in [6.45, 7) is 87.4. The third-order valence-corrected chi connectivity index (χ3v) is 10.8. The molecule has 0 aliphatic rings. The van der Waals surface area contributed by atoms with Crippen molar-refractivity contribution in [2.75, 3.05) is 0 Å². The van der Waals surface area contributed by atoms with Crippen molar-refractivity contribution < 1.29 is 0 Å². The molecular weight excluding hydrogens is 1350 g/mol. The van der Waals surface area contributed by atoms with Crippen LogP contribution in [0.25, 0.3) is 0 Å². The highest BCUT2D eigenvalue weighted by atomic mass is 14.9. The standard InChI is InChI=1S/6C7H9N.5C6H8N2.11C2H6/c1-6-3-7(2)5-8-4-6;2*1-6-3-4-8-7(2)5-6;2*1-6-3-4-7(2)8-5-6;1-6-4-3-5-7(2)8-6;2*1-5-3-8-6(2)4-7-5;2*1-5-3-7-6(2)8-4-5;1-5-3-4-7-6(2)8-5;11*1-2/h6*3-5H,1-2H3;5*3-4H,1-2H3;11*1-2H3. The summed E-state index contributed by atoms with van der Waals surface area (Å²) in [4.78, 5) is 64.3. The van der Waals surface area contributed by atoms with Gasteiger partial charge in [0.05, 0.1) is 22.8 Å². The predicted molar refractivity (Wildman–Crippen MR) is 485 cm³/mol. The Balaban J connectivity index is -0.000000106. The van der Waals surface area contributed by atoms with Gasteiger partial charge in [0, 0.05) is 133 Å². The molecule has 0 aromatic carbocycles. The van der Waals surface area contributed by atoms with Crippen molar-refractivity contribution in [2.45, 2.75) is 305 Å². The molecule has 0 N–H and O–H groups in total. The van der Waals surface area contributed by atoms with Crippen LogP contribution in [0.3, 0.4) is 0 Å². The molecule has 11 rings (SSSR count). The molecule has 11 aromatic heterocycles. The second-order valence-electron chi connectivity index (χ2n) is 20.8. The Bertz CT molecular complexity index is 2760. The van der Waals surface area contributed by atoms with Gasteiger partial charge in [0.1, 0.15) is 17.5 Å². The average Bonchev–Trinajstić information content (AvgIpc) is 0.953. The zero-order valence-corrected chi connectivity index (χ0v) is 78.3. The summed E-state index contributed by atoms with van der Waals surface area (Å²) in [5, 5.41) is 0. The van der Waals surface area contributed by atoms with Gasteiger partial charge in [-0.05, 0) is 251 Å². The second kappa shape index (κ2) is 95.4. The van der Waals surface area contributed by atoms with Crippen LogP contribution in [-0.4, -0.2) is 79.7 Å². The summed E-state index contributed by atoms with van der Waals surface area (Å²) in [5.74, 6) is 2.50. The number of hydrogen-bond donors (Lipinski definition) is 0. The Kier molecular flexibility index (Phi) is 108. The number of hydrogen-bond acceptors (Lipinski definition) is 16. The van der Waals surface area contributed by atoms with Gasteiger partial charge in [-0.2, -0.15) is 0 Å². The lowest BCUT2D eigenvalue weighted by molar-refractivity contribution is 1.01. The first kappa shape index (κ1) is 124. The molecule has 16 heteroatoms. The molecular formula is C94H160N16. The highest BCUT2D eigenvalue weighted by Crippen LogP contribution is 2.01. The van der Waals surface area contributed by atoms with Gasteiger partial charge < -0.3 is 0 Å². The molecule has 11 aromatic rings. The third-order valence-electron chi connectivity index (χ3n) is 10.8. The highest BCUT2D eigenvalue weighted by Gasteiger charge is 1.90. The van der Waals surface area contributed by atoms with Crippen LogP contribution in [0.5, 0.6) is 0 Å². The van der Waals surface area contributed by atoms with Crippen molar-refractivity contribution in [3.8, 4) is 0 Å². The lowest BCUT2D eigenvalue weighted by Crippen LogP contribution is -1.86. The monoisotopic (exact) mass is 1510 g/mol. The highest BCUT2D eigenvalue weighted by molar-refractivity contribution is 5.16. The van der Waals surface area contributed by atoms with Crippen LogP contribution in [-0.2, 0) is 0 Å². The number of aromatic nitrogens is 16. The fraction of sp³-hybridized carbons (Fsp3) is 0.468. The van der Waals surface area contributed by atoms with E-state index in [9.17, 15) is 0 Å². The maximum atomic E-state index is 4.17. The van der Waals surface area contributed by atoms with E-state index in [0.29, 0.717) is 0 Å². The number of nitrogens with zero attached hydrogens (tertiary/aromatic N) is 16. The maximum Gasteiger partial charge on any atom is 0.125 e. The van der Waals surface area contributed by atoms with Crippen molar-refractivity contribution >= 4 is 0 Å². The molecule has 0 aliphatic carbocycles. The Morgan fingerprint density at radius 3 is 0.582 bits per heavy atom. The smallest absolute Gasteiger partial charge is 0.125 e. The molecule has 0 unspecified atom stereocenters. The van der Waals surface area contributed by atoms with Crippen LogP contribution in [0.15, 0.2) is 172 Å². The molecule has 0 spiro atoms. The van der Waals surface area contributed by atoms with E-state index in [2.05, 4.69) is 124 Å². The van der Waals surface area contributed by atoms with Crippen LogP contribution >= 0.6 is 0 Å². The van der Waals surface area contributed by atoms with Crippen molar-refractivity contribution in [1.82, 2.24) is 79.7 Å². The molecule has 16 nitrogen and oxygen atoms in total. The molecule has 110 heavy (non-hydrogen) atoms. The van der Waals surface area contributed by atoms with Crippen molar-refractivity contribution in [2.24, 2.45) is 0 Å². The van der Waals surface area contributed by atoms with E-state index >= 15 is 0 Å².